The fraction of sp³-hybridized carbons (Fsp3) is 0.0556. The van der Waals surface area contributed by atoms with Gasteiger partial charge in [0.2, 0.25) is 0 Å². The van der Waals surface area contributed by atoms with Crippen LogP contribution in [0.15, 0.2) is 486 Å². The second-order valence-corrected chi connectivity index (χ2v) is 37.8. The molecule has 3 N–H and O–H groups in total. The van der Waals surface area contributed by atoms with Gasteiger partial charge in [-0.2, -0.15) is 0 Å². The highest BCUT2D eigenvalue weighted by molar-refractivity contribution is 7.99. The second kappa shape index (κ2) is 33.9. The molecule has 15 nitrogen and oxygen atoms in total. The van der Waals surface area contributed by atoms with E-state index in [1.54, 1.807) is 11.8 Å². The van der Waals surface area contributed by atoms with Crippen LogP contribution in [0, 0.1) is 13.8 Å². The third-order valence-corrected chi connectivity index (χ3v) is 29.6. The van der Waals surface area contributed by atoms with Gasteiger partial charge in [-0.05, 0) is 191 Å². The zero-order chi connectivity index (χ0) is 94.1. The zero-order valence-corrected chi connectivity index (χ0v) is 77.9. The van der Waals surface area contributed by atoms with Gasteiger partial charge in [-0.1, -0.05) is 344 Å². The third-order valence-electron chi connectivity index (χ3n) is 28.4. The Morgan fingerprint density at radius 2 is 0.859 bits per heavy atom. The molecule has 7 aliphatic heterocycles. The number of hydrogen-bond donors (Lipinski definition) is 3. The summed E-state index contributed by atoms with van der Waals surface area (Å²) in [6, 6.07) is 144. The number of amidine groups is 2. The highest BCUT2D eigenvalue weighted by Gasteiger charge is 2.59. The first-order valence-electron chi connectivity index (χ1n) is 48.0. The van der Waals surface area contributed by atoms with Crippen LogP contribution in [-0.2, 0) is 10.8 Å². The second-order valence-electron chi connectivity index (χ2n) is 36.8. The molecule has 674 valence electrons. The Hall–Kier alpha value is -18.1. The van der Waals surface area contributed by atoms with Gasteiger partial charge in [-0.25, -0.2) is 29.9 Å². The summed E-state index contributed by atoms with van der Waals surface area (Å²) in [6.07, 6.45) is 12.6. The standard InChI is InChI=1S/C64H42N6OS.C62H44N6O2/c1-39-15-10-21-44(35-39)61-67-62(45-22-11-16-40(2)36-45)69-63(68-61)46-23-12-20-43(37-46)52-32-30-50-58(66-52)57-49(26-14-34-65-57)64(50)48-25-6-8-28-55(48)71-59-51(64)31-33-54-60(59)72-56-29-9-7-27-53(56)70(54)47-24-13-19-42(38-47)41-17-4-3-5-18-41;1-4-17-39(18-5-1)42-23-15-26-45(38-42)68-51-29-11-13-31-54(51)70-58-52(68)35-33-49-57(58)69-53-30-12-10-27-46(53)62(49)47-28-16-36-63-55(47)56-48(62)32-34-50(64-56)43-24-14-25-44(37-43)61-66-59(40-19-6-2-7-20-40)65-60(67-61)41-21-8-3-9-22-41/h3-38H,1-2H3;1-38,50,55,59,63-64H,(H,65,66,67). The Morgan fingerprint density at radius 1 is 0.352 bits per heavy atom. The molecule has 0 fully saturated rings. The van der Waals surface area contributed by atoms with E-state index in [-0.39, 0.29) is 18.2 Å². The molecule has 16 aromatic carbocycles. The van der Waals surface area contributed by atoms with E-state index in [0.29, 0.717) is 29.0 Å². The molecule has 19 aromatic rings. The molecule has 28 rings (SSSR count). The number of allylic oxidation sites excluding steroid dienone is 4. The van der Waals surface area contributed by atoms with E-state index < -0.39 is 10.8 Å². The summed E-state index contributed by atoms with van der Waals surface area (Å²) in [5, 5.41) is 11.5. The monoisotopic (exact) mass is 1850 g/mol. The summed E-state index contributed by atoms with van der Waals surface area (Å²) in [5.74, 6) is 7.99. The van der Waals surface area contributed by atoms with Crippen LogP contribution in [0.4, 0.5) is 34.1 Å². The van der Waals surface area contributed by atoms with Gasteiger partial charge in [0.1, 0.15) is 28.9 Å². The number of hydrogen-bond acceptors (Lipinski definition) is 16. The predicted molar refractivity (Wildman–Crippen MR) is 567 cm³/mol. The third kappa shape index (κ3) is 13.8. The molecular weight excluding hydrogens is 1760 g/mol. The average molecular weight is 1850 g/mol. The Bertz CT molecular complexity index is 8550. The van der Waals surface area contributed by atoms with Gasteiger partial charge in [-0.15, -0.1) is 0 Å². The molecule has 5 atom stereocenters. The molecular formula is C126H86N12O3S. The van der Waals surface area contributed by atoms with Crippen LogP contribution in [0.5, 0.6) is 34.5 Å². The lowest BCUT2D eigenvalue weighted by atomic mass is 9.64. The van der Waals surface area contributed by atoms with E-state index in [1.165, 1.54) is 16.7 Å². The van der Waals surface area contributed by atoms with Gasteiger partial charge in [0.05, 0.1) is 67.6 Å². The minimum atomic E-state index is -0.773. The number of ether oxygens (including phenoxy) is 3. The van der Waals surface area contributed by atoms with Gasteiger partial charge in [-0.3, -0.25) is 4.98 Å². The van der Waals surface area contributed by atoms with Gasteiger partial charge >= 0.3 is 0 Å². The Morgan fingerprint density at radius 3 is 1.55 bits per heavy atom. The van der Waals surface area contributed by atoms with Crippen molar-refractivity contribution in [1.82, 2.24) is 40.9 Å². The first-order valence-corrected chi connectivity index (χ1v) is 48.8. The van der Waals surface area contributed by atoms with Crippen molar-refractivity contribution in [1.29, 1.82) is 0 Å². The number of aryl methyl sites for hydroxylation is 2. The van der Waals surface area contributed by atoms with E-state index in [1.807, 2.05) is 72.9 Å². The average Bonchev–Trinajstić information content (AvgIpc) is 1.45. The summed E-state index contributed by atoms with van der Waals surface area (Å²) in [7, 11) is 0. The number of nitrogens with zero attached hydrogens (tertiary/aromatic N) is 9. The number of fused-ring (bicyclic) bond motifs is 23. The number of nitrogens with one attached hydrogen (secondary N) is 3. The molecule has 3 aromatic heterocycles. The molecule has 0 bridgehead atoms. The Kier molecular flexibility index (Phi) is 19.9. The smallest absolute Gasteiger partial charge is 0.194 e. The lowest BCUT2D eigenvalue weighted by Gasteiger charge is -2.43. The summed E-state index contributed by atoms with van der Waals surface area (Å²) in [6.45, 7) is 4.17. The van der Waals surface area contributed by atoms with Crippen molar-refractivity contribution in [3.05, 3.63) is 533 Å². The molecule has 2 spiro atoms. The van der Waals surface area contributed by atoms with Crippen molar-refractivity contribution >= 4 is 57.6 Å². The van der Waals surface area contributed by atoms with Crippen LogP contribution < -0.4 is 40.0 Å². The molecule has 0 radical (unpaired) electrons. The molecule has 5 unspecified atom stereocenters. The van der Waals surface area contributed by atoms with Crippen molar-refractivity contribution in [2.45, 2.75) is 52.7 Å². The SMILES string of the molecule is C1=CNC2C(=C1)C1(C3=C2NC(c2cccc(C4=NC(c5ccccc5)N=C(c5ccccc5)N4)c2)C=C3)c2ccccc2Oc2c1ccc1c2Oc2ccccc2N1c1cccc(-c2ccccc2)c1.Cc1cccc(-c2nc(-c3cccc(C)c3)nc(-c3cccc(-c4ccc5c(n4)-c4ncccc4C54c5ccccc5Oc5c4ccc4c5Sc5ccccc5N4c4cccc(-c5ccccc5)c4)c3)n2)c1. The van der Waals surface area contributed by atoms with E-state index >= 15 is 0 Å². The van der Waals surface area contributed by atoms with Crippen LogP contribution >= 0.6 is 11.8 Å². The van der Waals surface area contributed by atoms with E-state index in [4.69, 9.17) is 49.1 Å². The van der Waals surface area contributed by atoms with Crippen LogP contribution in [0.2, 0.25) is 0 Å². The largest absolute Gasteiger partial charge is 0.455 e. The topological polar surface area (TPSA) is 159 Å². The molecule has 2 aliphatic carbocycles. The van der Waals surface area contributed by atoms with E-state index in [2.05, 4.69) is 416 Å². The first kappa shape index (κ1) is 83.3. The first-order chi connectivity index (χ1) is 70.2. The molecule has 0 saturated heterocycles. The summed E-state index contributed by atoms with van der Waals surface area (Å²) in [4.78, 5) is 43.1. The molecule has 142 heavy (non-hydrogen) atoms. The lowest BCUT2D eigenvalue weighted by Crippen LogP contribution is -2.39. The van der Waals surface area contributed by atoms with Gasteiger partial charge in [0, 0.05) is 83.8 Å². The van der Waals surface area contributed by atoms with Crippen LogP contribution in [0.3, 0.4) is 0 Å². The number of para-hydroxylation sites is 5. The van der Waals surface area contributed by atoms with Crippen LogP contribution in [0.25, 0.3) is 79.1 Å². The number of pyridine rings is 2. The number of benzene rings is 16. The fourth-order valence-electron chi connectivity index (χ4n) is 22.1. The molecule has 0 saturated carbocycles. The zero-order valence-electron chi connectivity index (χ0n) is 77.1. The number of aromatic nitrogens is 5. The minimum absolute atomic E-state index is 0.127. The minimum Gasteiger partial charge on any atom is -0.455 e. The van der Waals surface area contributed by atoms with Crippen molar-refractivity contribution in [2.75, 3.05) is 9.80 Å². The number of anilines is 6. The Balaban J connectivity index is 0.000000142. The van der Waals surface area contributed by atoms with E-state index in [9.17, 15) is 0 Å². The van der Waals surface area contributed by atoms with Crippen LogP contribution in [0.1, 0.15) is 79.0 Å². The van der Waals surface area contributed by atoms with Crippen molar-refractivity contribution in [3.63, 3.8) is 0 Å². The fourth-order valence-corrected chi connectivity index (χ4v) is 23.3. The summed E-state index contributed by atoms with van der Waals surface area (Å²) >= 11 is 1.76. The maximum absolute atomic E-state index is 7.21. The summed E-state index contributed by atoms with van der Waals surface area (Å²) in [5.41, 5.74) is 31.8. The number of dihydropyridines is 2. The van der Waals surface area contributed by atoms with Crippen LogP contribution in [-0.4, -0.2) is 42.6 Å². The normalized spacial score (nSPS) is 17.7. The highest BCUT2D eigenvalue weighted by atomic mass is 32.2. The lowest BCUT2D eigenvalue weighted by molar-refractivity contribution is 0.389. The Labute approximate surface area is 825 Å². The maximum Gasteiger partial charge on any atom is 0.194 e. The van der Waals surface area contributed by atoms with Gasteiger partial charge < -0.3 is 40.0 Å². The van der Waals surface area contributed by atoms with E-state index in [0.717, 1.165) is 207 Å². The van der Waals surface area contributed by atoms with Gasteiger partial charge in [0.25, 0.3) is 0 Å². The number of aliphatic imine (C=N–C) groups is 2. The quantitative estimate of drug-likeness (QED) is 0.106. The molecule has 9 aliphatic rings. The maximum atomic E-state index is 7.21. The number of rotatable bonds is 12. The van der Waals surface area contributed by atoms with Crippen molar-refractivity contribution < 1.29 is 14.2 Å². The summed E-state index contributed by atoms with van der Waals surface area (Å²) < 4.78 is 21.4. The molecule has 10 heterocycles. The molecule has 0 amide bonds. The van der Waals surface area contributed by atoms with Gasteiger partial charge in [0.15, 0.2) is 40.9 Å². The molecule has 16 heteroatoms. The predicted octanol–water partition coefficient (Wildman–Crippen LogP) is 29.4. The highest BCUT2D eigenvalue weighted by Crippen LogP contribution is 2.69. The van der Waals surface area contributed by atoms with Crippen molar-refractivity contribution in [2.24, 2.45) is 9.98 Å². The van der Waals surface area contributed by atoms with Crippen molar-refractivity contribution in [3.8, 4) is 114 Å².